The molecule has 0 saturated carbocycles. The van der Waals surface area contributed by atoms with E-state index in [1.54, 1.807) is 0 Å². The molecule has 1 fully saturated rings. The highest BCUT2D eigenvalue weighted by Gasteiger charge is 2.24. The fourth-order valence-electron chi connectivity index (χ4n) is 1.99. The van der Waals surface area contributed by atoms with E-state index in [0.29, 0.717) is 6.61 Å². The summed E-state index contributed by atoms with van der Waals surface area (Å²) in [6, 6.07) is 0. The lowest BCUT2D eigenvalue weighted by atomic mass is 9.98. The van der Waals surface area contributed by atoms with Crippen molar-refractivity contribution in [1.29, 1.82) is 0 Å². The van der Waals surface area contributed by atoms with Crippen molar-refractivity contribution in [3.63, 3.8) is 0 Å². The Hall–Kier alpha value is -0.120. The van der Waals surface area contributed by atoms with E-state index in [1.807, 2.05) is 6.92 Å². The molecule has 0 aromatic rings. The smallest absolute Gasteiger partial charge is 0.0632 e. The molecule has 1 heterocycles. The Morgan fingerprint density at radius 1 is 1.21 bits per heavy atom. The molecule has 1 unspecified atom stereocenters. The molecule has 84 valence electrons. The molecule has 1 aliphatic rings. The SMILES string of the molecule is CC1(O)CCCN(CCCCO)CC1. The molecular formula is C11H23NO2. The molecule has 0 aromatic carbocycles. The predicted molar refractivity (Wildman–Crippen MR) is 57.2 cm³/mol. The van der Waals surface area contributed by atoms with Crippen LogP contribution in [0.5, 0.6) is 0 Å². The van der Waals surface area contributed by atoms with E-state index in [9.17, 15) is 5.11 Å². The Labute approximate surface area is 86.7 Å². The number of hydrogen-bond donors (Lipinski definition) is 2. The highest BCUT2D eigenvalue weighted by molar-refractivity contribution is 4.78. The lowest BCUT2D eigenvalue weighted by molar-refractivity contribution is 0.0446. The molecule has 1 aliphatic heterocycles. The Bertz CT molecular complexity index is 159. The minimum Gasteiger partial charge on any atom is -0.396 e. The van der Waals surface area contributed by atoms with Gasteiger partial charge >= 0.3 is 0 Å². The van der Waals surface area contributed by atoms with Crippen molar-refractivity contribution in [2.24, 2.45) is 0 Å². The van der Waals surface area contributed by atoms with E-state index in [1.165, 1.54) is 0 Å². The third-order valence-corrected chi connectivity index (χ3v) is 3.04. The van der Waals surface area contributed by atoms with E-state index in [-0.39, 0.29) is 0 Å². The van der Waals surface area contributed by atoms with Crippen LogP contribution in [0.4, 0.5) is 0 Å². The standard InChI is InChI=1S/C11H23NO2/c1-11(14)5-4-8-12(9-6-11)7-2-3-10-13/h13-14H,2-10H2,1H3. The number of aliphatic hydroxyl groups excluding tert-OH is 1. The second kappa shape index (κ2) is 5.69. The number of likely N-dealkylation sites (tertiary alicyclic amines) is 1. The van der Waals surface area contributed by atoms with Crippen LogP contribution in [0.2, 0.25) is 0 Å². The molecule has 0 amide bonds. The summed E-state index contributed by atoms with van der Waals surface area (Å²) >= 11 is 0. The van der Waals surface area contributed by atoms with Crippen LogP contribution >= 0.6 is 0 Å². The Morgan fingerprint density at radius 2 is 2.00 bits per heavy atom. The summed E-state index contributed by atoms with van der Waals surface area (Å²) in [6.07, 6.45) is 4.85. The average molecular weight is 201 g/mol. The Morgan fingerprint density at radius 3 is 2.71 bits per heavy atom. The van der Waals surface area contributed by atoms with Crippen molar-refractivity contribution in [3.05, 3.63) is 0 Å². The monoisotopic (exact) mass is 201 g/mol. The molecule has 0 aliphatic carbocycles. The van der Waals surface area contributed by atoms with Gasteiger partial charge in [0.2, 0.25) is 0 Å². The first-order chi connectivity index (χ1) is 6.64. The molecule has 3 nitrogen and oxygen atoms in total. The first kappa shape index (κ1) is 12.0. The number of unbranched alkanes of at least 4 members (excludes halogenated alkanes) is 1. The van der Waals surface area contributed by atoms with Crippen LogP contribution in [-0.4, -0.2) is 47.0 Å². The summed E-state index contributed by atoms with van der Waals surface area (Å²) in [5.74, 6) is 0. The van der Waals surface area contributed by atoms with Gasteiger partial charge in [-0.1, -0.05) is 0 Å². The van der Waals surface area contributed by atoms with Gasteiger partial charge in [-0.15, -0.1) is 0 Å². The van der Waals surface area contributed by atoms with Gasteiger partial charge in [-0.3, -0.25) is 0 Å². The highest BCUT2D eigenvalue weighted by atomic mass is 16.3. The lowest BCUT2D eigenvalue weighted by Crippen LogP contribution is -2.29. The largest absolute Gasteiger partial charge is 0.396 e. The van der Waals surface area contributed by atoms with Crippen molar-refractivity contribution in [2.75, 3.05) is 26.2 Å². The van der Waals surface area contributed by atoms with Gasteiger partial charge in [-0.2, -0.15) is 0 Å². The number of hydrogen-bond acceptors (Lipinski definition) is 3. The summed E-state index contributed by atoms with van der Waals surface area (Å²) in [6.45, 7) is 5.40. The van der Waals surface area contributed by atoms with Gasteiger partial charge < -0.3 is 15.1 Å². The zero-order valence-corrected chi connectivity index (χ0v) is 9.21. The van der Waals surface area contributed by atoms with Gasteiger partial charge in [0.15, 0.2) is 0 Å². The Balaban J connectivity index is 2.21. The lowest BCUT2D eigenvalue weighted by Gasteiger charge is -2.22. The normalized spacial score (nSPS) is 30.2. The zero-order chi connectivity index (χ0) is 10.4. The molecule has 0 radical (unpaired) electrons. The molecule has 0 aromatic heterocycles. The first-order valence-corrected chi connectivity index (χ1v) is 5.70. The van der Waals surface area contributed by atoms with Gasteiger partial charge in [0.1, 0.15) is 0 Å². The van der Waals surface area contributed by atoms with E-state index < -0.39 is 5.60 Å². The Kier molecular flexibility index (Phi) is 4.85. The van der Waals surface area contributed by atoms with Crippen LogP contribution < -0.4 is 0 Å². The van der Waals surface area contributed by atoms with E-state index in [4.69, 9.17) is 5.11 Å². The fraction of sp³-hybridized carbons (Fsp3) is 1.00. The van der Waals surface area contributed by atoms with Crippen molar-refractivity contribution in [2.45, 2.75) is 44.6 Å². The third kappa shape index (κ3) is 4.40. The van der Waals surface area contributed by atoms with Crippen LogP contribution in [0.25, 0.3) is 0 Å². The van der Waals surface area contributed by atoms with Crippen molar-refractivity contribution in [1.82, 2.24) is 4.90 Å². The number of nitrogens with zero attached hydrogens (tertiary/aromatic N) is 1. The summed E-state index contributed by atoms with van der Waals surface area (Å²) in [5, 5.41) is 18.6. The summed E-state index contributed by atoms with van der Waals surface area (Å²) in [7, 11) is 0. The maximum Gasteiger partial charge on any atom is 0.0632 e. The molecule has 3 heteroatoms. The molecular weight excluding hydrogens is 178 g/mol. The topological polar surface area (TPSA) is 43.7 Å². The van der Waals surface area contributed by atoms with Crippen LogP contribution in [0.1, 0.15) is 39.0 Å². The molecule has 0 spiro atoms. The summed E-state index contributed by atoms with van der Waals surface area (Å²) in [4.78, 5) is 2.40. The van der Waals surface area contributed by atoms with Gasteiger partial charge in [0.25, 0.3) is 0 Å². The predicted octanol–water partition coefficient (Wildman–Crippen LogP) is 0.996. The minimum atomic E-state index is -0.453. The third-order valence-electron chi connectivity index (χ3n) is 3.04. The van der Waals surface area contributed by atoms with E-state index in [2.05, 4.69) is 4.90 Å². The highest BCUT2D eigenvalue weighted by Crippen LogP contribution is 2.21. The maximum absolute atomic E-state index is 9.88. The fourth-order valence-corrected chi connectivity index (χ4v) is 1.99. The second-order valence-corrected chi connectivity index (χ2v) is 4.62. The number of aliphatic hydroxyl groups is 2. The van der Waals surface area contributed by atoms with Crippen molar-refractivity contribution in [3.8, 4) is 0 Å². The van der Waals surface area contributed by atoms with Crippen LogP contribution in [0.15, 0.2) is 0 Å². The molecule has 2 N–H and O–H groups in total. The first-order valence-electron chi connectivity index (χ1n) is 5.70. The minimum absolute atomic E-state index is 0.297. The van der Waals surface area contributed by atoms with Gasteiger partial charge in [-0.25, -0.2) is 0 Å². The summed E-state index contributed by atoms with van der Waals surface area (Å²) < 4.78 is 0. The molecule has 1 rings (SSSR count). The van der Waals surface area contributed by atoms with Crippen molar-refractivity contribution >= 4 is 0 Å². The maximum atomic E-state index is 9.88. The zero-order valence-electron chi connectivity index (χ0n) is 9.21. The molecule has 0 bridgehead atoms. The van der Waals surface area contributed by atoms with Crippen LogP contribution in [0, 0.1) is 0 Å². The molecule has 1 atom stereocenters. The van der Waals surface area contributed by atoms with E-state index >= 15 is 0 Å². The van der Waals surface area contributed by atoms with Crippen LogP contribution in [0.3, 0.4) is 0 Å². The van der Waals surface area contributed by atoms with Gasteiger partial charge in [-0.05, 0) is 52.1 Å². The van der Waals surface area contributed by atoms with Crippen LogP contribution in [-0.2, 0) is 0 Å². The number of rotatable bonds is 4. The summed E-state index contributed by atoms with van der Waals surface area (Å²) in [5.41, 5.74) is -0.453. The van der Waals surface area contributed by atoms with E-state index in [0.717, 1.165) is 51.7 Å². The van der Waals surface area contributed by atoms with Gasteiger partial charge in [0, 0.05) is 13.2 Å². The van der Waals surface area contributed by atoms with Crippen molar-refractivity contribution < 1.29 is 10.2 Å². The molecule has 14 heavy (non-hydrogen) atoms. The van der Waals surface area contributed by atoms with Gasteiger partial charge in [0.05, 0.1) is 5.60 Å². The average Bonchev–Trinajstić information content (AvgIpc) is 2.28. The molecule has 1 saturated heterocycles. The quantitative estimate of drug-likeness (QED) is 0.667. The second-order valence-electron chi connectivity index (χ2n) is 4.62.